The van der Waals surface area contributed by atoms with E-state index >= 15 is 0 Å². The number of nitrogens with two attached hydrogens (primary N) is 2. The second-order valence-corrected chi connectivity index (χ2v) is 0.931. The lowest BCUT2D eigenvalue weighted by Gasteiger charge is -1.81. The highest BCUT2D eigenvalue weighted by Crippen LogP contribution is 1.58. The molecule has 0 aromatic rings. The van der Waals surface area contributed by atoms with E-state index in [0.717, 1.165) is 19.5 Å². The third-order valence-electron chi connectivity index (χ3n) is 0.408. The smallest absolute Gasteiger partial charge is 0.00653 e. The maximum Gasteiger partial charge on any atom is -0.00653 e. The molecule has 9 heavy (non-hydrogen) atoms. The minimum Gasteiger partial charge on any atom is -0.412 e. The molecule has 0 aromatic heterocycles. The van der Waals surface area contributed by atoms with Crippen molar-refractivity contribution < 1.29 is 5.48 Å². The van der Waals surface area contributed by atoms with Crippen molar-refractivity contribution in [2.24, 2.45) is 11.5 Å². The fourth-order valence-electron chi connectivity index (χ4n) is 0.118. The van der Waals surface area contributed by atoms with Crippen molar-refractivity contribution in [2.45, 2.75) is 6.42 Å². The molecule has 0 fully saturated rings. The average Bonchev–Trinajstić information content (AvgIpc) is 1.41. The highest BCUT2D eigenvalue weighted by Gasteiger charge is 1.67. The van der Waals surface area contributed by atoms with Crippen molar-refractivity contribution in [3.63, 3.8) is 0 Å². The lowest BCUT2D eigenvalue weighted by Crippen LogP contribution is -2.06. The standard InChI is InChI=1S/C3H10N2.3ClH.H2O/c4-2-1-3-5;;;;/h1-5H2;3*1H;1H2. The summed E-state index contributed by atoms with van der Waals surface area (Å²) in [6.45, 7) is 1.44. The molecule has 0 aliphatic carbocycles. The molecule has 0 radical (unpaired) electrons. The predicted octanol–water partition coefficient (Wildman–Crippen LogP) is -0.265. The Morgan fingerprint density at radius 2 is 1.00 bits per heavy atom. The first-order valence-electron chi connectivity index (χ1n) is 1.82. The summed E-state index contributed by atoms with van der Waals surface area (Å²) in [5.41, 5.74) is 10.1. The van der Waals surface area contributed by atoms with Crippen LogP contribution in [-0.4, -0.2) is 18.6 Å². The fraction of sp³-hybridized carbons (Fsp3) is 1.00. The van der Waals surface area contributed by atoms with Gasteiger partial charge in [0.1, 0.15) is 0 Å². The summed E-state index contributed by atoms with van der Waals surface area (Å²) in [5, 5.41) is 0. The van der Waals surface area contributed by atoms with E-state index in [4.69, 9.17) is 11.5 Å². The molecule has 6 heteroatoms. The van der Waals surface area contributed by atoms with Crippen molar-refractivity contribution in [1.29, 1.82) is 0 Å². The lowest BCUT2D eigenvalue weighted by molar-refractivity contribution is 0.824. The molecule has 0 aliphatic rings. The minimum absolute atomic E-state index is 0. The van der Waals surface area contributed by atoms with Gasteiger partial charge in [0.2, 0.25) is 0 Å². The molecule has 3 nitrogen and oxygen atoms in total. The van der Waals surface area contributed by atoms with E-state index < -0.39 is 0 Å². The Labute approximate surface area is 74.1 Å². The van der Waals surface area contributed by atoms with E-state index in [1.807, 2.05) is 0 Å². The molecule has 6 N–H and O–H groups in total. The summed E-state index contributed by atoms with van der Waals surface area (Å²) in [7, 11) is 0. The van der Waals surface area contributed by atoms with Gasteiger partial charge in [0.05, 0.1) is 0 Å². The summed E-state index contributed by atoms with van der Waals surface area (Å²) in [6.07, 6.45) is 0.944. The SMILES string of the molecule is Cl.Cl.Cl.NCCCN.O. The van der Waals surface area contributed by atoms with E-state index in [2.05, 4.69) is 0 Å². The van der Waals surface area contributed by atoms with Crippen LogP contribution in [0.15, 0.2) is 0 Å². The average molecular weight is 202 g/mol. The van der Waals surface area contributed by atoms with Gasteiger partial charge in [0.25, 0.3) is 0 Å². The minimum atomic E-state index is 0. The topological polar surface area (TPSA) is 83.5 Å². The van der Waals surface area contributed by atoms with Gasteiger partial charge in [-0.25, -0.2) is 0 Å². The van der Waals surface area contributed by atoms with E-state index in [9.17, 15) is 0 Å². The monoisotopic (exact) mass is 200 g/mol. The third-order valence-corrected chi connectivity index (χ3v) is 0.408. The molecule has 64 valence electrons. The van der Waals surface area contributed by atoms with Crippen LogP contribution in [0.4, 0.5) is 0 Å². The zero-order valence-corrected chi connectivity index (χ0v) is 7.45. The van der Waals surface area contributed by atoms with E-state index in [1.54, 1.807) is 0 Å². The summed E-state index contributed by atoms with van der Waals surface area (Å²) in [5.74, 6) is 0. The maximum absolute atomic E-state index is 5.06. The van der Waals surface area contributed by atoms with Crippen LogP contribution in [0.5, 0.6) is 0 Å². The van der Waals surface area contributed by atoms with Gasteiger partial charge in [0.15, 0.2) is 0 Å². The molecule has 0 heterocycles. The highest BCUT2D eigenvalue weighted by atomic mass is 35.5. The molecule has 0 aromatic carbocycles. The van der Waals surface area contributed by atoms with Crippen molar-refractivity contribution in [1.82, 2.24) is 0 Å². The Kier molecular flexibility index (Phi) is 137. The first kappa shape index (κ1) is 33.1. The molecule has 0 saturated heterocycles. The molecule has 0 rings (SSSR count). The summed E-state index contributed by atoms with van der Waals surface area (Å²) < 4.78 is 0. The summed E-state index contributed by atoms with van der Waals surface area (Å²) in [4.78, 5) is 0. The molecule has 0 bridgehead atoms. The molecule has 0 aliphatic heterocycles. The Bertz CT molecular complexity index is 24.5. The Morgan fingerprint density at radius 3 is 1.00 bits per heavy atom. The van der Waals surface area contributed by atoms with Crippen molar-refractivity contribution in [2.75, 3.05) is 13.1 Å². The maximum atomic E-state index is 5.06. The van der Waals surface area contributed by atoms with Crippen LogP contribution >= 0.6 is 37.2 Å². The van der Waals surface area contributed by atoms with Crippen LogP contribution in [0.3, 0.4) is 0 Å². The van der Waals surface area contributed by atoms with Gasteiger partial charge in [-0.05, 0) is 19.5 Å². The third kappa shape index (κ3) is 52.7. The Morgan fingerprint density at radius 1 is 0.778 bits per heavy atom. The molecule has 0 spiro atoms. The van der Waals surface area contributed by atoms with Crippen LogP contribution in [0.2, 0.25) is 0 Å². The summed E-state index contributed by atoms with van der Waals surface area (Å²) >= 11 is 0. The normalized spacial score (nSPS) is 4.67. The molecule has 0 saturated carbocycles. The second kappa shape index (κ2) is 37.4. The first-order valence-corrected chi connectivity index (χ1v) is 1.82. The summed E-state index contributed by atoms with van der Waals surface area (Å²) in [6, 6.07) is 0. The van der Waals surface area contributed by atoms with Crippen molar-refractivity contribution in [3.05, 3.63) is 0 Å². The van der Waals surface area contributed by atoms with Gasteiger partial charge < -0.3 is 16.9 Å². The molecular formula is C3H15Cl3N2O. The number of rotatable bonds is 2. The highest BCUT2D eigenvalue weighted by molar-refractivity contribution is 5.86. The zero-order chi connectivity index (χ0) is 4.12. The van der Waals surface area contributed by atoms with Crippen LogP contribution in [0, 0.1) is 0 Å². The van der Waals surface area contributed by atoms with Gasteiger partial charge in [0, 0.05) is 0 Å². The Balaban J connectivity index is -0.0000000133. The van der Waals surface area contributed by atoms with Crippen molar-refractivity contribution >= 4 is 37.2 Å². The van der Waals surface area contributed by atoms with Gasteiger partial charge >= 0.3 is 0 Å². The van der Waals surface area contributed by atoms with E-state index in [0.29, 0.717) is 0 Å². The number of hydrogen-bond acceptors (Lipinski definition) is 2. The van der Waals surface area contributed by atoms with E-state index in [1.165, 1.54) is 0 Å². The van der Waals surface area contributed by atoms with Crippen LogP contribution in [0.25, 0.3) is 0 Å². The second-order valence-electron chi connectivity index (χ2n) is 0.931. The fourth-order valence-corrected chi connectivity index (χ4v) is 0.118. The van der Waals surface area contributed by atoms with Crippen molar-refractivity contribution in [3.8, 4) is 0 Å². The van der Waals surface area contributed by atoms with Gasteiger partial charge in [-0.3, -0.25) is 0 Å². The zero-order valence-electron chi connectivity index (χ0n) is 5.00. The van der Waals surface area contributed by atoms with Crippen LogP contribution in [-0.2, 0) is 0 Å². The molecule has 0 amide bonds. The quantitative estimate of drug-likeness (QED) is 0.645. The van der Waals surface area contributed by atoms with Gasteiger partial charge in [-0.1, -0.05) is 0 Å². The van der Waals surface area contributed by atoms with Crippen LogP contribution in [0.1, 0.15) is 6.42 Å². The molecule has 0 atom stereocenters. The largest absolute Gasteiger partial charge is 0.412 e. The predicted molar refractivity (Wildman–Crippen MR) is 48.1 cm³/mol. The lowest BCUT2D eigenvalue weighted by atomic mass is 10.4. The van der Waals surface area contributed by atoms with Gasteiger partial charge in [-0.15, -0.1) is 37.2 Å². The molecular weight excluding hydrogens is 186 g/mol. The molecule has 0 unspecified atom stereocenters. The van der Waals surface area contributed by atoms with Crippen LogP contribution < -0.4 is 11.5 Å². The number of hydrogen-bond donors (Lipinski definition) is 2. The van der Waals surface area contributed by atoms with E-state index in [-0.39, 0.29) is 42.7 Å². The Hall–Kier alpha value is 0.750. The van der Waals surface area contributed by atoms with Gasteiger partial charge in [-0.2, -0.15) is 0 Å². The first-order chi connectivity index (χ1) is 2.41. The number of halogens is 3.